The van der Waals surface area contributed by atoms with E-state index >= 15 is 0 Å². The van der Waals surface area contributed by atoms with Crippen molar-refractivity contribution in [1.29, 1.82) is 0 Å². The number of nitrogens with zero attached hydrogens (tertiary/aromatic N) is 1. The Morgan fingerprint density at radius 3 is 2.60 bits per heavy atom. The molecule has 0 unspecified atom stereocenters. The summed E-state index contributed by atoms with van der Waals surface area (Å²) in [5.74, 6) is -0.536. The number of hydrogen-bond donors (Lipinski definition) is 1. The minimum Gasteiger partial charge on any atom is -0.315 e. The van der Waals surface area contributed by atoms with Crippen LogP contribution in [0.4, 0.5) is 17.6 Å². The largest absolute Gasteiger partial charge is 0.434 e. The van der Waals surface area contributed by atoms with Crippen molar-refractivity contribution < 1.29 is 17.6 Å². The second kappa shape index (κ2) is 5.49. The van der Waals surface area contributed by atoms with E-state index in [-0.39, 0.29) is 22.0 Å². The molecule has 0 amide bonds. The Morgan fingerprint density at radius 2 is 2.00 bits per heavy atom. The molecule has 1 aromatic carbocycles. The van der Waals surface area contributed by atoms with Crippen molar-refractivity contribution in [3.63, 3.8) is 0 Å². The van der Waals surface area contributed by atoms with Gasteiger partial charge >= 0.3 is 6.18 Å². The van der Waals surface area contributed by atoms with Crippen LogP contribution in [0, 0.1) is 12.7 Å². The van der Waals surface area contributed by atoms with Gasteiger partial charge in [0.1, 0.15) is 10.8 Å². The predicted molar refractivity (Wildman–Crippen MR) is 70.0 cm³/mol. The maximum atomic E-state index is 14.0. The lowest BCUT2D eigenvalue weighted by Gasteiger charge is -2.05. The summed E-state index contributed by atoms with van der Waals surface area (Å²) in [4.78, 5) is 3.64. The topological polar surface area (TPSA) is 24.9 Å². The van der Waals surface area contributed by atoms with Gasteiger partial charge in [-0.15, -0.1) is 11.3 Å². The summed E-state index contributed by atoms with van der Waals surface area (Å²) in [7, 11) is 1.55. The van der Waals surface area contributed by atoms with Gasteiger partial charge in [-0.3, -0.25) is 0 Å². The van der Waals surface area contributed by atoms with Crippen LogP contribution in [-0.2, 0) is 12.7 Å². The molecule has 1 aromatic heterocycles. The molecule has 0 atom stereocenters. The summed E-state index contributed by atoms with van der Waals surface area (Å²) in [6.07, 6.45) is -4.54. The van der Waals surface area contributed by atoms with Gasteiger partial charge in [-0.25, -0.2) is 9.37 Å². The maximum absolute atomic E-state index is 14.0. The highest BCUT2D eigenvalue weighted by Crippen LogP contribution is 2.38. The molecule has 2 rings (SSSR count). The molecule has 1 heterocycles. The van der Waals surface area contributed by atoms with E-state index in [1.165, 1.54) is 6.07 Å². The van der Waals surface area contributed by atoms with Crippen molar-refractivity contribution in [3.05, 3.63) is 40.2 Å². The molecule has 7 heteroatoms. The molecular weight excluding hydrogens is 292 g/mol. The zero-order valence-corrected chi connectivity index (χ0v) is 11.6. The molecule has 0 saturated carbocycles. The zero-order chi connectivity index (χ0) is 14.9. The summed E-state index contributed by atoms with van der Waals surface area (Å²) < 4.78 is 52.7. The smallest absolute Gasteiger partial charge is 0.315 e. The van der Waals surface area contributed by atoms with E-state index < -0.39 is 17.7 Å². The van der Waals surface area contributed by atoms with Gasteiger partial charge < -0.3 is 5.32 Å². The molecule has 0 radical (unpaired) electrons. The lowest BCUT2D eigenvalue weighted by molar-refractivity contribution is -0.141. The first-order valence-corrected chi connectivity index (χ1v) is 6.63. The average Bonchev–Trinajstić information content (AvgIpc) is 2.77. The number of benzene rings is 1. The summed E-state index contributed by atoms with van der Waals surface area (Å²) >= 11 is 0.853. The maximum Gasteiger partial charge on any atom is 0.434 e. The molecule has 0 spiro atoms. The van der Waals surface area contributed by atoms with Gasteiger partial charge in [-0.1, -0.05) is 12.1 Å². The van der Waals surface area contributed by atoms with E-state index in [0.29, 0.717) is 5.56 Å². The van der Waals surface area contributed by atoms with Crippen LogP contribution in [0.5, 0.6) is 0 Å². The summed E-state index contributed by atoms with van der Waals surface area (Å²) in [6, 6.07) is 4.59. The van der Waals surface area contributed by atoms with Gasteiger partial charge in [-0.05, 0) is 25.6 Å². The van der Waals surface area contributed by atoms with Gasteiger partial charge in [0, 0.05) is 12.1 Å². The highest BCUT2D eigenvalue weighted by atomic mass is 32.1. The standard InChI is InChI=1S/C13H12F4N2S/c1-7-4-3-5-8(10(7)14)12-19-11(13(15,16)17)9(20-12)6-18-2/h3-5,18H,6H2,1-2H3. The molecule has 0 aliphatic rings. The monoisotopic (exact) mass is 304 g/mol. The Morgan fingerprint density at radius 1 is 1.30 bits per heavy atom. The minimum absolute atomic E-state index is 0.0416. The first-order chi connectivity index (χ1) is 9.34. The van der Waals surface area contributed by atoms with Gasteiger partial charge in [0.2, 0.25) is 0 Å². The minimum atomic E-state index is -4.54. The fourth-order valence-corrected chi connectivity index (χ4v) is 2.89. The zero-order valence-electron chi connectivity index (χ0n) is 10.8. The molecule has 2 nitrogen and oxygen atoms in total. The summed E-state index contributed by atoms with van der Waals surface area (Å²) in [5.41, 5.74) is -0.475. The Balaban J connectivity index is 2.56. The highest BCUT2D eigenvalue weighted by Gasteiger charge is 2.37. The van der Waals surface area contributed by atoms with E-state index in [2.05, 4.69) is 10.3 Å². The Kier molecular flexibility index (Phi) is 4.10. The lowest BCUT2D eigenvalue weighted by Crippen LogP contribution is -2.12. The van der Waals surface area contributed by atoms with Crippen LogP contribution in [0.1, 0.15) is 16.1 Å². The van der Waals surface area contributed by atoms with Crippen molar-refractivity contribution in [2.45, 2.75) is 19.6 Å². The third-order valence-electron chi connectivity index (χ3n) is 2.73. The molecule has 0 bridgehead atoms. The summed E-state index contributed by atoms with van der Waals surface area (Å²) in [6.45, 7) is 1.60. The number of hydrogen-bond acceptors (Lipinski definition) is 3. The molecule has 108 valence electrons. The van der Waals surface area contributed by atoms with Crippen LogP contribution in [0.25, 0.3) is 10.6 Å². The number of aryl methyl sites for hydroxylation is 1. The first-order valence-electron chi connectivity index (χ1n) is 5.81. The number of nitrogens with one attached hydrogen (secondary N) is 1. The Bertz CT molecular complexity index is 619. The third-order valence-corrected chi connectivity index (χ3v) is 3.81. The van der Waals surface area contributed by atoms with Crippen LogP contribution in [0.15, 0.2) is 18.2 Å². The van der Waals surface area contributed by atoms with Gasteiger partial charge in [0.25, 0.3) is 0 Å². The fourth-order valence-electron chi connectivity index (χ4n) is 1.78. The molecule has 0 fully saturated rings. The van der Waals surface area contributed by atoms with Crippen LogP contribution in [0.3, 0.4) is 0 Å². The quantitative estimate of drug-likeness (QED) is 0.867. The summed E-state index contributed by atoms with van der Waals surface area (Å²) in [5, 5.41) is 2.71. The van der Waals surface area contributed by atoms with E-state index in [4.69, 9.17) is 0 Å². The van der Waals surface area contributed by atoms with Crippen molar-refractivity contribution in [3.8, 4) is 10.6 Å². The first kappa shape index (κ1) is 14.9. The van der Waals surface area contributed by atoms with Crippen LogP contribution < -0.4 is 5.32 Å². The van der Waals surface area contributed by atoms with Crippen molar-refractivity contribution in [2.75, 3.05) is 7.05 Å². The van der Waals surface area contributed by atoms with Crippen LogP contribution >= 0.6 is 11.3 Å². The molecule has 2 aromatic rings. The number of alkyl halides is 3. The van der Waals surface area contributed by atoms with E-state index in [1.54, 1.807) is 26.1 Å². The second-order valence-electron chi connectivity index (χ2n) is 4.26. The lowest BCUT2D eigenvalue weighted by atomic mass is 10.1. The van der Waals surface area contributed by atoms with E-state index in [0.717, 1.165) is 11.3 Å². The van der Waals surface area contributed by atoms with E-state index in [9.17, 15) is 17.6 Å². The Hall–Kier alpha value is -1.47. The average molecular weight is 304 g/mol. The van der Waals surface area contributed by atoms with Gasteiger partial charge in [0.15, 0.2) is 5.69 Å². The second-order valence-corrected chi connectivity index (χ2v) is 5.34. The Labute approximate surface area is 117 Å². The molecule has 0 saturated heterocycles. The van der Waals surface area contributed by atoms with Crippen molar-refractivity contribution in [1.82, 2.24) is 10.3 Å². The predicted octanol–water partition coefficient (Wildman–Crippen LogP) is 4.00. The number of halogens is 4. The van der Waals surface area contributed by atoms with Crippen LogP contribution in [0.2, 0.25) is 0 Å². The van der Waals surface area contributed by atoms with Gasteiger partial charge in [-0.2, -0.15) is 13.2 Å². The molecular formula is C13H12F4N2S. The normalized spacial score (nSPS) is 11.9. The van der Waals surface area contributed by atoms with E-state index in [1.807, 2.05) is 0 Å². The molecule has 20 heavy (non-hydrogen) atoms. The van der Waals surface area contributed by atoms with Crippen LogP contribution in [-0.4, -0.2) is 12.0 Å². The fraction of sp³-hybridized carbons (Fsp3) is 0.308. The number of rotatable bonds is 3. The molecule has 0 aliphatic heterocycles. The van der Waals surface area contributed by atoms with Crippen molar-refractivity contribution >= 4 is 11.3 Å². The molecule has 1 N–H and O–H groups in total. The third kappa shape index (κ3) is 2.83. The SMILES string of the molecule is CNCc1sc(-c2cccc(C)c2F)nc1C(F)(F)F. The highest BCUT2D eigenvalue weighted by molar-refractivity contribution is 7.15. The number of aromatic nitrogens is 1. The van der Waals surface area contributed by atoms with Gasteiger partial charge in [0.05, 0.1) is 4.88 Å². The van der Waals surface area contributed by atoms with Crippen molar-refractivity contribution in [2.24, 2.45) is 0 Å². The number of thiazole rings is 1. The molecule has 0 aliphatic carbocycles.